The first-order valence-corrected chi connectivity index (χ1v) is 8.10. The van der Waals surface area contributed by atoms with E-state index in [1.807, 2.05) is 0 Å². The van der Waals surface area contributed by atoms with Gasteiger partial charge in [-0.05, 0) is 52.2 Å². The summed E-state index contributed by atoms with van der Waals surface area (Å²) in [5, 5.41) is 4.17. The largest absolute Gasteiger partial charge is 0.442 e. The lowest BCUT2D eigenvalue weighted by Gasteiger charge is -2.32. The summed E-state index contributed by atoms with van der Waals surface area (Å²) in [4.78, 5) is 33.9. The third kappa shape index (κ3) is 4.67. The first-order chi connectivity index (χ1) is 11.3. The average molecular weight is 335 g/mol. The van der Waals surface area contributed by atoms with E-state index in [0.29, 0.717) is 5.69 Å². The Hall–Kier alpha value is -2.15. The summed E-state index contributed by atoms with van der Waals surface area (Å²) < 4.78 is 5.38. The molecule has 2 atom stereocenters. The minimum Gasteiger partial charge on any atom is -0.442 e. The van der Waals surface area contributed by atoms with E-state index in [9.17, 15) is 9.59 Å². The molecule has 0 spiro atoms. The summed E-state index contributed by atoms with van der Waals surface area (Å²) in [6, 6.07) is 4.70. The maximum absolute atomic E-state index is 12.3. The molecule has 0 radical (unpaired) electrons. The third-order valence-electron chi connectivity index (χ3n) is 3.76. The highest BCUT2D eigenvalue weighted by atomic mass is 16.7. The van der Waals surface area contributed by atoms with Crippen LogP contribution in [0.2, 0.25) is 0 Å². The van der Waals surface area contributed by atoms with E-state index >= 15 is 0 Å². The number of carbonyl (C=O) groups excluding carboxylic acids is 2. The minimum absolute atomic E-state index is 0.202. The molecule has 1 saturated carbocycles. The van der Waals surface area contributed by atoms with Gasteiger partial charge in [0.15, 0.2) is 0 Å². The Kier molecular flexibility index (Phi) is 5.77. The van der Waals surface area contributed by atoms with Gasteiger partial charge in [0.2, 0.25) is 0 Å². The normalized spacial score (nSPS) is 20.5. The summed E-state index contributed by atoms with van der Waals surface area (Å²) in [7, 11) is 1.43. The highest BCUT2D eigenvalue weighted by Crippen LogP contribution is 2.26. The smallest absolute Gasteiger partial charge is 0.434 e. The minimum atomic E-state index is -0.612. The number of aromatic nitrogens is 1. The van der Waals surface area contributed by atoms with Crippen molar-refractivity contribution in [3.8, 4) is 0 Å². The zero-order valence-electron chi connectivity index (χ0n) is 14.6. The van der Waals surface area contributed by atoms with Gasteiger partial charge in [0.25, 0.3) is 5.91 Å². The Balaban J connectivity index is 2.05. The molecule has 1 aliphatic rings. The van der Waals surface area contributed by atoms with Crippen LogP contribution in [-0.4, -0.2) is 46.8 Å². The van der Waals surface area contributed by atoms with Crippen molar-refractivity contribution in [3.63, 3.8) is 0 Å². The van der Waals surface area contributed by atoms with Gasteiger partial charge in [-0.2, -0.15) is 5.06 Å². The standard InChI is InChI=1S/C17H25N3O4/c1-17(2,3)24-16(22)20(23-4)14-10-7-9-12(14)19-15(21)13-8-5-6-11-18-13/h5-6,8,11-12,14H,7,9-10H2,1-4H3,(H,19,21)/t12-,14-/m1/s1. The molecule has 2 rings (SSSR count). The summed E-state index contributed by atoms with van der Waals surface area (Å²) >= 11 is 0. The first kappa shape index (κ1) is 18.2. The molecule has 1 aromatic rings. The van der Waals surface area contributed by atoms with Crippen LogP contribution < -0.4 is 5.32 Å². The van der Waals surface area contributed by atoms with Gasteiger partial charge in [-0.1, -0.05) is 6.07 Å². The molecule has 1 aliphatic carbocycles. The van der Waals surface area contributed by atoms with Crippen molar-refractivity contribution in [2.24, 2.45) is 0 Å². The summed E-state index contributed by atoms with van der Waals surface area (Å²) in [6.07, 6.45) is 3.42. The Morgan fingerprint density at radius 3 is 2.62 bits per heavy atom. The van der Waals surface area contributed by atoms with Crippen molar-refractivity contribution in [1.29, 1.82) is 0 Å². The fraction of sp³-hybridized carbons (Fsp3) is 0.588. The van der Waals surface area contributed by atoms with Crippen molar-refractivity contribution >= 4 is 12.0 Å². The van der Waals surface area contributed by atoms with Crippen LogP contribution in [0.3, 0.4) is 0 Å². The molecule has 1 aromatic heterocycles. The summed E-state index contributed by atoms with van der Waals surface area (Å²) in [5.41, 5.74) is -0.261. The predicted molar refractivity (Wildman–Crippen MR) is 88.2 cm³/mol. The van der Waals surface area contributed by atoms with Gasteiger partial charge in [-0.15, -0.1) is 0 Å². The van der Waals surface area contributed by atoms with Gasteiger partial charge in [0.1, 0.15) is 11.3 Å². The molecule has 2 amide bonds. The highest BCUT2D eigenvalue weighted by molar-refractivity contribution is 5.92. The van der Waals surface area contributed by atoms with E-state index in [1.54, 1.807) is 45.2 Å². The van der Waals surface area contributed by atoms with E-state index < -0.39 is 11.7 Å². The van der Waals surface area contributed by atoms with Gasteiger partial charge in [0.05, 0.1) is 19.2 Å². The number of ether oxygens (including phenoxy) is 1. The molecular weight excluding hydrogens is 310 g/mol. The molecule has 0 saturated heterocycles. The Labute approximate surface area is 142 Å². The number of hydrogen-bond donors (Lipinski definition) is 1. The molecule has 24 heavy (non-hydrogen) atoms. The van der Waals surface area contributed by atoms with Crippen LogP contribution in [-0.2, 0) is 9.57 Å². The van der Waals surface area contributed by atoms with Crippen LogP contribution in [0.25, 0.3) is 0 Å². The molecule has 0 aromatic carbocycles. The van der Waals surface area contributed by atoms with Crippen molar-refractivity contribution in [1.82, 2.24) is 15.4 Å². The van der Waals surface area contributed by atoms with Gasteiger partial charge in [-0.3, -0.25) is 14.6 Å². The van der Waals surface area contributed by atoms with Crippen LogP contribution in [0.5, 0.6) is 0 Å². The Morgan fingerprint density at radius 2 is 2.04 bits per heavy atom. The molecular formula is C17H25N3O4. The van der Waals surface area contributed by atoms with E-state index in [-0.39, 0.29) is 18.0 Å². The summed E-state index contributed by atoms with van der Waals surface area (Å²) in [5.74, 6) is -0.257. The molecule has 7 nitrogen and oxygen atoms in total. The van der Waals surface area contributed by atoms with Crippen molar-refractivity contribution < 1.29 is 19.2 Å². The van der Waals surface area contributed by atoms with Gasteiger partial charge >= 0.3 is 6.09 Å². The molecule has 0 aliphatic heterocycles. The zero-order valence-corrected chi connectivity index (χ0v) is 14.6. The number of hydrogen-bond acceptors (Lipinski definition) is 5. The number of nitrogens with zero attached hydrogens (tertiary/aromatic N) is 2. The number of nitrogens with one attached hydrogen (secondary N) is 1. The predicted octanol–water partition coefficient (Wildman–Crippen LogP) is 2.53. The lowest BCUT2D eigenvalue weighted by molar-refractivity contribution is -0.150. The molecule has 1 fully saturated rings. The fourth-order valence-electron chi connectivity index (χ4n) is 2.78. The first-order valence-electron chi connectivity index (χ1n) is 8.10. The number of hydroxylamine groups is 2. The van der Waals surface area contributed by atoms with Crippen molar-refractivity contribution in [2.45, 2.75) is 57.7 Å². The second-order valence-electron chi connectivity index (χ2n) is 6.78. The van der Waals surface area contributed by atoms with Crippen molar-refractivity contribution in [3.05, 3.63) is 30.1 Å². The maximum Gasteiger partial charge on any atom is 0.434 e. The molecule has 132 valence electrons. The van der Waals surface area contributed by atoms with E-state index in [1.165, 1.54) is 12.2 Å². The highest BCUT2D eigenvalue weighted by Gasteiger charge is 2.38. The SMILES string of the molecule is CON(C(=O)OC(C)(C)C)[C@@H]1CCC[C@H]1NC(=O)c1ccccn1. The molecule has 0 unspecified atom stereocenters. The molecule has 1 N–H and O–H groups in total. The monoisotopic (exact) mass is 335 g/mol. The van der Waals surface area contributed by atoms with E-state index in [2.05, 4.69) is 10.3 Å². The van der Waals surface area contributed by atoms with Crippen LogP contribution in [0.1, 0.15) is 50.5 Å². The van der Waals surface area contributed by atoms with E-state index in [4.69, 9.17) is 9.57 Å². The quantitative estimate of drug-likeness (QED) is 0.855. The summed E-state index contributed by atoms with van der Waals surface area (Å²) in [6.45, 7) is 5.40. The number of carbonyl (C=O) groups is 2. The molecule has 0 bridgehead atoms. The number of pyridine rings is 1. The van der Waals surface area contributed by atoms with Crippen LogP contribution in [0.15, 0.2) is 24.4 Å². The van der Waals surface area contributed by atoms with Crippen LogP contribution in [0.4, 0.5) is 4.79 Å². The zero-order chi connectivity index (χ0) is 17.7. The van der Waals surface area contributed by atoms with Gasteiger partial charge in [-0.25, -0.2) is 4.79 Å². The maximum atomic E-state index is 12.3. The lowest BCUT2D eigenvalue weighted by Crippen LogP contribution is -2.51. The Bertz CT molecular complexity index is 571. The second-order valence-corrected chi connectivity index (χ2v) is 6.78. The van der Waals surface area contributed by atoms with Crippen LogP contribution >= 0.6 is 0 Å². The molecule has 1 heterocycles. The topological polar surface area (TPSA) is 80.8 Å². The number of amides is 2. The lowest BCUT2D eigenvalue weighted by atomic mass is 10.1. The second kappa shape index (κ2) is 7.61. The average Bonchev–Trinajstić information content (AvgIpc) is 2.95. The molecule has 7 heteroatoms. The van der Waals surface area contributed by atoms with Crippen LogP contribution in [0, 0.1) is 0 Å². The Morgan fingerprint density at radius 1 is 1.29 bits per heavy atom. The van der Waals surface area contributed by atoms with E-state index in [0.717, 1.165) is 19.3 Å². The fourth-order valence-corrected chi connectivity index (χ4v) is 2.78. The number of rotatable bonds is 4. The van der Waals surface area contributed by atoms with Crippen molar-refractivity contribution in [2.75, 3.05) is 7.11 Å². The third-order valence-corrected chi connectivity index (χ3v) is 3.76. The van der Waals surface area contributed by atoms with Gasteiger partial charge in [0, 0.05) is 6.20 Å². The van der Waals surface area contributed by atoms with Gasteiger partial charge < -0.3 is 10.1 Å².